The van der Waals surface area contributed by atoms with E-state index in [1.807, 2.05) is 6.20 Å². The van der Waals surface area contributed by atoms with E-state index in [1.54, 1.807) is 4.90 Å². The number of hydrogen-bond donors (Lipinski definition) is 2. The van der Waals surface area contributed by atoms with Crippen molar-refractivity contribution in [3.05, 3.63) is 76.0 Å². The number of amides is 1. The van der Waals surface area contributed by atoms with E-state index in [1.165, 1.54) is 11.1 Å². The van der Waals surface area contributed by atoms with Crippen LogP contribution in [0.5, 0.6) is 0 Å². The molecule has 0 radical (unpaired) electrons. The van der Waals surface area contributed by atoms with Gasteiger partial charge in [-0.15, -0.1) is 15.3 Å². The molecule has 0 bridgehead atoms. The van der Waals surface area contributed by atoms with Gasteiger partial charge in [-0.05, 0) is 43.2 Å². The van der Waals surface area contributed by atoms with Gasteiger partial charge in [-0.1, -0.05) is 29.5 Å². The van der Waals surface area contributed by atoms with Crippen LogP contribution in [0.2, 0.25) is 0 Å². The first kappa shape index (κ1) is 22.1. The molecule has 0 fully saturated rings. The average molecular weight is 498 g/mol. The molecule has 7 rings (SSSR count). The Labute approximate surface area is 213 Å². The van der Waals surface area contributed by atoms with Gasteiger partial charge in [0.2, 0.25) is 23.6 Å². The Balaban J connectivity index is 1.03. The minimum absolute atomic E-state index is 0.0485. The second-order valence-electron chi connectivity index (χ2n) is 10.1. The number of nitrogens with zero attached hydrogens (tertiary/aromatic N) is 7. The highest BCUT2D eigenvalue weighted by Crippen LogP contribution is 2.35. The van der Waals surface area contributed by atoms with E-state index >= 15 is 0 Å². The maximum Gasteiger partial charge on any atom is 0.232 e. The minimum atomic E-state index is -0.0569. The Hall–Kier alpha value is -4.15. The fraction of sp³-hybridized carbons (Fsp3) is 0.423. The molecule has 2 aliphatic carbocycles. The van der Waals surface area contributed by atoms with Crippen molar-refractivity contribution in [2.75, 3.05) is 11.9 Å². The molecule has 0 unspecified atom stereocenters. The number of carbonyl (C=O) groups excluding carboxylic acids is 1. The van der Waals surface area contributed by atoms with E-state index < -0.39 is 0 Å². The molecule has 188 valence electrons. The van der Waals surface area contributed by atoms with E-state index in [0.717, 1.165) is 54.7 Å². The predicted molar refractivity (Wildman–Crippen MR) is 132 cm³/mol. The van der Waals surface area contributed by atoms with Crippen molar-refractivity contribution in [3.8, 4) is 0 Å². The molecule has 3 aliphatic rings. The van der Waals surface area contributed by atoms with E-state index in [0.29, 0.717) is 43.3 Å². The summed E-state index contributed by atoms with van der Waals surface area (Å²) in [7, 11) is 0. The first-order valence-corrected chi connectivity index (χ1v) is 12.9. The third kappa shape index (κ3) is 4.24. The van der Waals surface area contributed by atoms with Crippen LogP contribution in [0, 0.1) is 0 Å². The lowest BCUT2D eigenvalue weighted by molar-refractivity contribution is -0.131. The number of benzene rings is 1. The van der Waals surface area contributed by atoms with Gasteiger partial charge in [-0.2, -0.15) is 0 Å². The van der Waals surface area contributed by atoms with E-state index in [-0.39, 0.29) is 18.2 Å². The molecule has 1 atom stereocenters. The summed E-state index contributed by atoms with van der Waals surface area (Å²) in [5, 5.41) is 22.8. The SMILES string of the molecule is O=C(Cc1nnc([C@@H]2CCCc3nc(NC4Cc5ccccc5C4)ncc32)o1)N1CCc2nn[nH]c2C1. The monoisotopic (exact) mass is 497 g/mol. The number of fused-ring (bicyclic) bond motifs is 3. The Bertz CT molecular complexity index is 1440. The molecule has 1 aromatic carbocycles. The molecule has 0 spiro atoms. The first-order chi connectivity index (χ1) is 18.2. The van der Waals surface area contributed by atoms with Gasteiger partial charge in [0.25, 0.3) is 0 Å². The van der Waals surface area contributed by atoms with Crippen LogP contribution in [-0.2, 0) is 43.4 Å². The van der Waals surface area contributed by atoms with Gasteiger partial charge < -0.3 is 14.6 Å². The van der Waals surface area contributed by atoms with Crippen LogP contribution in [0.15, 0.2) is 34.9 Å². The van der Waals surface area contributed by atoms with Crippen molar-refractivity contribution in [1.82, 2.24) is 40.5 Å². The standard InChI is InChI=1S/C26H27N9O2/c36-24(35-9-8-21-22(14-35)31-34-30-21)12-23-32-33-25(37-23)18-6-3-7-20-19(18)13-27-26(29-20)28-17-10-15-4-1-2-5-16(15)11-17/h1-2,4-5,13,17-18H,3,6-12,14H2,(H,27,28,29)(H,30,31,34)/t18-/m1/s1. The average Bonchev–Trinajstić information content (AvgIpc) is 3.67. The fourth-order valence-electron chi connectivity index (χ4n) is 5.76. The number of nitrogens with one attached hydrogen (secondary N) is 2. The predicted octanol–water partition coefficient (Wildman–Crippen LogP) is 2.15. The molecular weight excluding hydrogens is 470 g/mol. The van der Waals surface area contributed by atoms with Gasteiger partial charge in [0, 0.05) is 36.5 Å². The smallest absolute Gasteiger partial charge is 0.232 e. The molecule has 11 nitrogen and oxygen atoms in total. The zero-order valence-electron chi connectivity index (χ0n) is 20.4. The lowest BCUT2D eigenvalue weighted by atomic mass is 9.86. The zero-order valence-corrected chi connectivity index (χ0v) is 20.4. The van der Waals surface area contributed by atoms with Crippen LogP contribution in [-0.4, -0.2) is 59.0 Å². The number of anilines is 1. The summed E-state index contributed by atoms with van der Waals surface area (Å²) in [5.41, 5.74) is 6.66. The van der Waals surface area contributed by atoms with Crippen molar-refractivity contribution in [2.45, 2.75) is 63.5 Å². The van der Waals surface area contributed by atoms with Crippen LogP contribution >= 0.6 is 0 Å². The van der Waals surface area contributed by atoms with Crippen molar-refractivity contribution in [1.29, 1.82) is 0 Å². The van der Waals surface area contributed by atoms with Crippen LogP contribution in [0.25, 0.3) is 0 Å². The molecule has 11 heteroatoms. The molecule has 3 aromatic heterocycles. The quantitative estimate of drug-likeness (QED) is 0.425. The molecule has 2 N–H and O–H groups in total. The van der Waals surface area contributed by atoms with Crippen molar-refractivity contribution in [2.24, 2.45) is 0 Å². The first-order valence-electron chi connectivity index (χ1n) is 12.9. The molecule has 37 heavy (non-hydrogen) atoms. The second kappa shape index (κ2) is 9.06. The normalized spacial score (nSPS) is 18.8. The largest absolute Gasteiger partial charge is 0.424 e. The van der Waals surface area contributed by atoms with Crippen LogP contribution in [0.4, 0.5) is 5.95 Å². The minimum Gasteiger partial charge on any atom is -0.424 e. The lowest BCUT2D eigenvalue weighted by Gasteiger charge is -2.25. The summed E-state index contributed by atoms with van der Waals surface area (Å²) < 4.78 is 6.00. The van der Waals surface area contributed by atoms with E-state index in [2.05, 4.69) is 60.2 Å². The van der Waals surface area contributed by atoms with Crippen LogP contribution in [0.1, 0.15) is 64.3 Å². The van der Waals surface area contributed by atoms with Gasteiger partial charge in [0.15, 0.2) is 0 Å². The fourth-order valence-corrected chi connectivity index (χ4v) is 5.76. The van der Waals surface area contributed by atoms with E-state index in [9.17, 15) is 4.79 Å². The van der Waals surface area contributed by atoms with Crippen LogP contribution in [0.3, 0.4) is 0 Å². The number of rotatable bonds is 5. The van der Waals surface area contributed by atoms with Gasteiger partial charge in [0.05, 0.1) is 23.9 Å². The number of aryl methyl sites for hydroxylation is 1. The number of H-pyrrole nitrogens is 1. The summed E-state index contributed by atoms with van der Waals surface area (Å²) in [6.07, 6.45) is 7.40. The van der Waals surface area contributed by atoms with Gasteiger partial charge in [-0.3, -0.25) is 9.89 Å². The Morgan fingerprint density at radius 2 is 1.97 bits per heavy atom. The summed E-state index contributed by atoms with van der Waals surface area (Å²) in [4.78, 5) is 24.1. The molecule has 0 saturated heterocycles. The Morgan fingerprint density at radius 3 is 2.84 bits per heavy atom. The molecule has 4 heterocycles. The number of aromatic amines is 1. The van der Waals surface area contributed by atoms with E-state index in [4.69, 9.17) is 9.40 Å². The zero-order chi connectivity index (χ0) is 24.8. The summed E-state index contributed by atoms with van der Waals surface area (Å²) >= 11 is 0. The molecule has 1 aliphatic heterocycles. The maximum atomic E-state index is 12.9. The highest BCUT2D eigenvalue weighted by atomic mass is 16.4. The maximum absolute atomic E-state index is 12.9. The summed E-state index contributed by atoms with van der Waals surface area (Å²) in [5.74, 6) is 1.43. The van der Waals surface area contributed by atoms with Crippen molar-refractivity contribution < 1.29 is 9.21 Å². The Morgan fingerprint density at radius 1 is 1.11 bits per heavy atom. The highest BCUT2D eigenvalue weighted by molar-refractivity contribution is 5.78. The third-order valence-electron chi connectivity index (χ3n) is 7.67. The Kier molecular flexibility index (Phi) is 5.40. The molecular formula is C26H27N9O2. The van der Waals surface area contributed by atoms with Crippen molar-refractivity contribution >= 4 is 11.9 Å². The topological polar surface area (TPSA) is 139 Å². The van der Waals surface area contributed by atoms with Gasteiger partial charge in [0.1, 0.15) is 6.42 Å². The molecule has 0 saturated carbocycles. The summed E-state index contributed by atoms with van der Waals surface area (Å²) in [6.45, 7) is 1.08. The number of aromatic nitrogens is 7. The third-order valence-corrected chi connectivity index (χ3v) is 7.67. The van der Waals surface area contributed by atoms with Gasteiger partial charge in [-0.25, -0.2) is 9.97 Å². The van der Waals surface area contributed by atoms with Crippen molar-refractivity contribution in [3.63, 3.8) is 0 Å². The number of hydrogen-bond acceptors (Lipinski definition) is 9. The van der Waals surface area contributed by atoms with Crippen LogP contribution < -0.4 is 5.32 Å². The molecule has 1 amide bonds. The lowest BCUT2D eigenvalue weighted by Crippen LogP contribution is -2.37. The second-order valence-corrected chi connectivity index (χ2v) is 10.1. The summed E-state index contributed by atoms with van der Waals surface area (Å²) in [6, 6.07) is 8.89. The number of carbonyl (C=O) groups is 1. The molecule has 4 aromatic rings. The highest BCUT2D eigenvalue weighted by Gasteiger charge is 2.30. The van der Waals surface area contributed by atoms with Gasteiger partial charge >= 0.3 is 0 Å².